The highest BCUT2D eigenvalue weighted by atomic mass is 32.2. The SMILES string of the molecule is Cc1ccc(CSCCNC(=O)Cc2coc(-c3ccccc3)n2)cc1. The molecule has 0 fully saturated rings. The molecule has 0 atom stereocenters. The van der Waals surface area contributed by atoms with Crippen molar-refractivity contribution in [2.75, 3.05) is 12.3 Å². The average molecular weight is 366 g/mol. The van der Waals surface area contributed by atoms with Gasteiger partial charge in [-0.3, -0.25) is 4.79 Å². The second kappa shape index (κ2) is 9.25. The number of carbonyl (C=O) groups excluding carboxylic acids is 1. The summed E-state index contributed by atoms with van der Waals surface area (Å²) in [6, 6.07) is 18.2. The van der Waals surface area contributed by atoms with Gasteiger partial charge in [-0.05, 0) is 24.6 Å². The molecule has 0 spiro atoms. The lowest BCUT2D eigenvalue weighted by atomic mass is 10.2. The van der Waals surface area contributed by atoms with E-state index in [1.807, 2.05) is 42.1 Å². The molecule has 0 aliphatic rings. The number of thioether (sulfide) groups is 1. The van der Waals surface area contributed by atoms with Crippen molar-refractivity contribution in [2.45, 2.75) is 19.1 Å². The first-order chi connectivity index (χ1) is 12.7. The molecule has 0 saturated carbocycles. The minimum Gasteiger partial charge on any atom is -0.444 e. The van der Waals surface area contributed by atoms with Crippen molar-refractivity contribution in [2.24, 2.45) is 0 Å². The molecule has 5 heteroatoms. The van der Waals surface area contributed by atoms with Crippen molar-refractivity contribution in [3.63, 3.8) is 0 Å². The van der Waals surface area contributed by atoms with E-state index in [1.165, 1.54) is 11.1 Å². The number of nitrogens with zero attached hydrogens (tertiary/aromatic N) is 1. The van der Waals surface area contributed by atoms with Crippen LogP contribution in [0.15, 0.2) is 65.3 Å². The van der Waals surface area contributed by atoms with Crippen LogP contribution in [0.25, 0.3) is 11.5 Å². The van der Waals surface area contributed by atoms with Crippen LogP contribution in [0.1, 0.15) is 16.8 Å². The normalized spacial score (nSPS) is 10.7. The quantitative estimate of drug-likeness (QED) is 0.606. The molecule has 0 bridgehead atoms. The third-order valence-corrected chi connectivity index (χ3v) is 4.90. The fraction of sp³-hybridized carbons (Fsp3) is 0.238. The van der Waals surface area contributed by atoms with E-state index in [9.17, 15) is 4.79 Å². The molecule has 4 nitrogen and oxygen atoms in total. The van der Waals surface area contributed by atoms with E-state index in [0.29, 0.717) is 18.1 Å². The molecular formula is C21H22N2O2S. The van der Waals surface area contributed by atoms with Crippen LogP contribution >= 0.6 is 11.8 Å². The Hall–Kier alpha value is -2.53. The number of oxazole rings is 1. The van der Waals surface area contributed by atoms with Crippen molar-refractivity contribution in [1.29, 1.82) is 0 Å². The van der Waals surface area contributed by atoms with Crippen molar-refractivity contribution < 1.29 is 9.21 Å². The van der Waals surface area contributed by atoms with Crippen molar-refractivity contribution in [1.82, 2.24) is 10.3 Å². The Kier molecular flexibility index (Phi) is 6.50. The summed E-state index contributed by atoms with van der Waals surface area (Å²) < 4.78 is 5.46. The molecule has 2 aromatic carbocycles. The van der Waals surface area contributed by atoms with E-state index < -0.39 is 0 Å². The molecule has 26 heavy (non-hydrogen) atoms. The molecule has 0 saturated heterocycles. The van der Waals surface area contributed by atoms with Crippen LogP contribution in [0.3, 0.4) is 0 Å². The summed E-state index contributed by atoms with van der Waals surface area (Å²) in [6.45, 7) is 2.74. The summed E-state index contributed by atoms with van der Waals surface area (Å²) in [5.41, 5.74) is 4.14. The van der Waals surface area contributed by atoms with E-state index >= 15 is 0 Å². The smallest absolute Gasteiger partial charge is 0.226 e. The highest BCUT2D eigenvalue weighted by Gasteiger charge is 2.10. The van der Waals surface area contributed by atoms with E-state index in [4.69, 9.17) is 4.42 Å². The monoisotopic (exact) mass is 366 g/mol. The Morgan fingerprint density at radius 1 is 1.12 bits per heavy atom. The van der Waals surface area contributed by atoms with Gasteiger partial charge in [-0.2, -0.15) is 11.8 Å². The summed E-state index contributed by atoms with van der Waals surface area (Å²) in [7, 11) is 0. The van der Waals surface area contributed by atoms with Gasteiger partial charge in [0.05, 0.1) is 12.1 Å². The number of hydrogen-bond donors (Lipinski definition) is 1. The summed E-state index contributed by atoms with van der Waals surface area (Å²) >= 11 is 1.81. The van der Waals surface area contributed by atoms with Gasteiger partial charge in [0.2, 0.25) is 11.8 Å². The molecule has 1 N–H and O–H groups in total. The zero-order chi connectivity index (χ0) is 18.2. The minimum absolute atomic E-state index is 0.0335. The molecule has 3 rings (SSSR count). The molecule has 3 aromatic rings. The maximum Gasteiger partial charge on any atom is 0.226 e. The average Bonchev–Trinajstić information content (AvgIpc) is 3.12. The standard InChI is InChI=1S/C21H22N2O2S/c1-16-7-9-17(10-8-16)15-26-12-11-22-20(24)13-19-14-25-21(23-19)18-5-3-2-4-6-18/h2-10,14H,11-13,15H2,1H3,(H,22,24). The van der Waals surface area contributed by atoms with Gasteiger partial charge in [0.25, 0.3) is 0 Å². The van der Waals surface area contributed by atoms with Crippen molar-refractivity contribution in [3.05, 3.63) is 77.7 Å². The zero-order valence-corrected chi connectivity index (χ0v) is 15.6. The van der Waals surface area contributed by atoms with E-state index in [-0.39, 0.29) is 12.3 Å². The van der Waals surface area contributed by atoms with E-state index in [1.54, 1.807) is 6.26 Å². The summed E-state index contributed by atoms with van der Waals surface area (Å²) in [5.74, 6) is 2.35. The van der Waals surface area contributed by atoms with Crippen molar-refractivity contribution >= 4 is 17.7 Å². The molecule has 0 aliphatic heterocycles. The molecule has 0 unspecified atom stereocenters. The summed E-state index contributed by atoms with van der Waals surface area (Å²) in [6.07, 6.45) is 1.78. The fourth-order valence-corrected chi connectivity index (χ4v) is 3.28. The van der Waals surface area contributed by atoms with Gasteiger partial charge in [-0.25, -0.2) is 4.98 Å². The van der Waals surface area contributed by atoms with E-state index in [0.717, 1.165) is 17.1 Å². The predicted octanol–water partition coefficient (Wildman–Crippen LogP) is 4.24. The van der Waals surface area contributed by atoms with Gasteiger partial charge >= 0.3 is 0 Å². The molecule has 1 aromatic heterocycles. The molecule has 1 heterocycles. The molecule has 0 radical (unpaired) electrons. The lowest BCUT2D eigenvalue weighted by Crippen LogP contribution is -2.27. The molecule has 134 valence electrons. The lowest BCUT2D eigenvalue weighted by molar-refractivity contribution is -0.120. The number of aromatic nitrogens is 1. The second-order valence-corrected chi connectivity index (χ2v) is 7.18. The van der Waals surface area contributed by atoms with Crippen LogP contribution in [0.2, 0.25) is 0 Å². The number of nitrogens with one attached hydrogen (secondary N) is 1. The number of hydrogen-bond acceptors (Lipinski definition) is 4. The van der Waals surface area contributed by atoms with Gasteiger partial charge in [0, 0.05) is 23.6 Å². The van der Waals surface area contributed by atoms with Crippen LogP contribution in [0.4, 0.5) is 0 Å². The van der Waals surface area contributed by atoms with Gasteiger partial charge < -0.3 is 9.73 Å². The van der Waals surface area contributed by atoms with Crippen molar-refractivity contribution in [3.8, 4) is 11.5 Å². The number of aryl methyl sites for hydroxylation is 1. The Bertz CT molecular complexity index is 829. The van der Waals surface area contributed by atoms with Crippen LogP contribution < -0.4 is 5.32 Å². The lowest BCUT2D eigenvalue weighted by Gasteiger charge is -2.05. The predicted molar refractivity (Wildman–Crippen MR) is 106 cm³/mol. The maximum absolute atomic E-state index is 12.0. The first-order valence-corrected chi connectivity index (χ1v) is 9.76. The molecular weight excluding hydrogens is 344 g/mol. The van der Waals surface area contributed by atoms with Crippen LogP contribution in [-0.4, -0.2) is 23.2 Å². The van der Waals surface area contributed by atoms with Gasteiger partial charge in [-0.1, -0.05) is 48.0 Å². The number of carbonyl (C=O) groups is 1. The Balaban J connectivity index is 1.37. The van der Waals surface area contributed by atoms with Gasteiger partial charge in [0.1, 0.15) is 6.26 Å². The first-order valence-electron chi connectivity index (χ1n) is 8.60. The first kappa shape index (κ1) is 18.3. The highest BCUT2D eigenvalue weighted by molar-refractivity contribution is 7.98. The number of rotatable bonds is 8. The number of amides is 1. The Morgan fingerprint density at radius 3 is 2.65 bits per heavy atom. The van der Waals surface area contributed by atoms with Gasteiger partial charge in [0.15, 0.2) is 0 Å². The van der Waals surface area contributed by atoms with E-state index in [2.05, 4.69) is 41.5 Å². The third kappa shape index (κ3) is 5.49. The Morgan fingerprint density at radius 2 is 1.88 bits per heavy atom. The fourth-order valence-electron chi connectivity index (χ4n) is 2.47. The zero-order valence-electron chi connectivity index (χ0n) is 14.8. The van der Waals surface area contributed by atoms with Crippen LogP contribution in [-0.2, 0) is 17.0 Å². The minimum atomic E-state index is -0.0335. The van der Waals surface area contributed by atoms with Crippen LogP contribution in [0, 0.1) is 6.92 Å². The molecule has 0 aliphatic carbocycles. The highest BCUT2D eigenvalue weighted by Crippen LogP contribution is 2.18. The molecule has 1 amide bonds. The van der Waals surface area contributed by atoms with Crippen LogP contribution in [0.5, 0.6) is 0 Å². The summed E-state index contributed by atoms with van der Waals surface area (Å²) in [5, 5.41) is 2.93. The maximum atomic E-state index is 12.0. The third-order valence-electron chi connectivity index (χ3n) is 3.87. The second-order valence-electron chi connectivity index (χ2n) is 6.07. The number of benzene rings is 2. The summed E-state index contributed by atoms with van der Waals surface area (Å²) in [4.78, 5) is 16.4. The Labute approximate surface area is 158 Å². The van der Waals surface area contributed by atoms with Gasteiger partial charge in [-0.15, -0.1) is 0 Å². The largest absolute Gasteiger partial charge is 0.444 e. The topological polar surface area (TPSA) is 55.1 Å².